The molecular formula is C21H26BrClN2O3. The van der Waals surface area contributed by atoms with Crippen molar-refractivity contribution in [2.24, 2.45) is 0 Å². The molecule has 0 bridgehead atoms. The molecule has 0 unspecified atom stereocenters. The molecule has 0 spiro atoms. The van der Waals surface area contributed by atoms with Gasteiger partial charge in [0.25, 0.3) is 5.91 Å². The Morgan fingerprint density at radius 1 is 1.11 bits per heavy atom. The number of rotatable bonds is 8. The molecule has 0 aromatic heterocycles. The first-order chi connectivity index (χ1) is 13.2. The van der Waals surface area contributed by atoms with E-state index in [1.807, 2.05) is 64.1 Å². The van der Waals surface area contributed by atoms with Crippen molar-refractivity contribution in [3.05, 3.63) is 51.5 Å². The smallest absolute Gasteiger partial charge is 0.258 e. The van der Waals surface area contributed by atoms with Crippen molar-refractivity contribution in [1.29, 1.82) is 0 Å². The molecule has 0 fully saturated rings. The van der Waals surface area contributed by atoms with E-state index in [0.29, 0.717) is 29.7 Å². The van der Waals surface area contributed by atoms with Crippen molar-refractivity contribution in [3.8, 4) is 11.5 Å². The molecule has 28 heavy (non-hydrogen) atoms. The number of nitrogens with one attached hydrogen (secondary N) is 2. The molecule has 2 N–H and O–H groups in total. The minimum Gasteiger partial charge on any atom is -0.490 e. The van der Waals surface area contributed by atoms with Crippen LogP contribution >= 0.6 is 27.5 Å². The van der Waals surface area contributed by atoms with Gasteiger partial charge in [-0.2, -0.15) is 0 Å². The molecule has 0 heterocycles. The summed E-state index contributed by atoms with van der Waals surface area (Å²) in [6.07, 6.45) is 0. The second-order valence-electron chi connectivity index (χ2n) is 7.27. The highest BCUT2D eigenvalue weighted by Gasteiger charge is 2.16. The zero-order chi connectivity index (χ0) is 20.7. The maximum Gasteiger partial charge on any atom is 0.258 e. The average molecular weight is 470 g/mol. The number of carbonyl (C=O) groups is 1. The SMILES string of the molecule is CCOc1cc(CNc2ccc(Cl)cc2)c(Br)cc1OCC(=O)NC(C)(C)C. The van der Waals surface area contributed by atoms with Gasteiger partial charge in [-0.3, -0.25) is 4.79 Å². The molecule has 2 rings (SSSR count). The van der Waals surface area contributed by atoms with Gasteiger partial charge in [0.2, 0.25) is 0 Å². The first kappa shape index (κ1) is 22.4. The van der Waals surface area contributed by atoms with Gasteiger partial charge in [-0.25, -0.2) is 0 Å². The molecule has 152 valence electrons. The van der Waals surface area contributed by atoms with Gasteiger partial charge < -0.3 is 20.1 Å². The minimum absolute atomic E-state index is 0.0772. The van der Waals surface area contributed by atoms with Gasteiger partial charge in [-0.05, 0) is 69.7 Å². The number of carbonyl (C=O) groups excluding carboxylic acids is 1. The number of anilines is 1. The zero-order valence-electron chi connectivity index (χ0n) is 16.6. The summed E-state index contributed by atoms with van der Waals surface area (Å²) in [5.74, 6) is 0.940. The highest BCUT2D eigenvalue weighted by Crippen LogP contribution is 2.34. The summed E-state index contributed by atoms with van der Waals surface area (Å²) in [6.45, 7) is 8.69. The Balaban J connectivity index is 2.09. The van der Waals surface area contributed by atoms with E-state index in [-0.39, 0.29) is 18.1 Å². The Hall–Kier alpha value is -1.92. The summed E-state index contributed by atoms with van der Waals surface area (Å²) < 4.78 is 12.3. The predicted molar refractivity (Wildman–Crippen MR) is 117 cm³/mol. The fraction of sp³-hybridized carbons (Fsp3) is 0.381. The van der Waals surface area contributed by atoms with E-state index in [4.69, 9.17) is 21.1 Å². The van der Waals surface area contributed by atoms with E-state index < -0.39 is 0 Å². The maximum absolute atomic E-state index is 12.0. The van der Waals surface area contributed by atoms with Crippen molar-refractivity contribution in [3.63, 3.8) is 0 Å². The van der Waals surface area contributed by atoms with E-state index in [0.717, 1.165) is 15.7 Å². The third-order valence-corrected chi connectivity index (χ3v) is 4.60. The molecule has 0 atom stereocenters. The number of hydrogen-bond donors (Lipinski definition) is 2. The quantitative estimate of drug-likeness (QED) is 0.543. The molecular weight excluding hydrogens is 444 g/mol. The Morgan fingerprint density at radius 3 is 2.36 bits per heavy atom. The lowest BCUT2D eigenvalue weighted by Gasteiger charge is -2.21. The fourth-order valence-corrected chi connectivity index (χ4v) is 3.05. The first-order valence-electron chi connectivity index (χ1n) is 9.06. The van der Waals surface area contributed by atoms with Crippen molar-refractivity contribution >= 4 is 39.1 Å². The van der Waals surface area contributed by atoms with Gasteiger partial charge in [0.1, 0.15) is 0 Å². The summed E-state index contributed by atoms with van der Waals surface area (Å²) in [5.41, 5.74) is 1.67. The van der Waals surface area contributed by atoms with Gasteiger partial charge >= 0.3 is 0 Å². The van der Waals surface area contributed by atoms with E-state index in [9.17, 15) is 4.79 Å². The van der Waals surface area contributed by atoms with Crippen LogP contribution in [-0.2, 0) is 11.3 Å². The van der Waals surface area contributed by atoms with Crippen molar-refractivity contribution in [2.75, 3.05) is 18.5 Å². The third-order valence-electron chi connectivity index (χ3n) is 3.61. The Bertz CT molecular complexity index is 805. The Morgan fingerprint density at radius 2 is 1.75 bits per heavy atom. The number of hydrogen-bond acceptors (Lipinski definition) is 4. The zero-order valence-corrected chi connectivity index (χ0v) is 18.9. The van der Waals surface area contributed by atoms with Crippen LogP contribution in [-0.4, -0.2) is 24.7 Å². The first-order valence-corrected chi connectivity index (χ1v) is 10.2. The third kappa shape index (κ3) is 7.24. The van der Waals surface area contributed by atoms with Crippen LogP contribution in [0.1, 0.15) is 33.3 Å². The topological polar surface area (TPSA) is 59.6 Å². The molecule has 5 nitrogen and oxygen atoms in total. The summed E-state index contributed by atoms with van der Waals surface area (Å²) in [7, 11) is 0. The van der Waals surface area contributed by atoms with Crippen molar-refractivity contribution in [2.45, 2.75) is 39.8 Å². The molecule has 7 heteroatoms. The van der Waals surface area contributed by atoms with E-state index >= 15 is 0 Å². The summed E-state index contributed by atoms with van der Waals surface area (Å²) in [5, 5.41) is 6.91. The highest BCUT2D eigenvalue weighted by atomic mass is 79.9. The Labute approximate surface area is 179 Å². The van der Waals surface area contributed by atoms with Crippen molar-refractivity contribution < 1.29 is 14.3 Å². The monoisotopic (exact) mass is 468 g/mol. The molecule has 0 radical (unpaired) electrons. The van der Waals surface area contributed by atoms with Crippen LogP contribution in [0, 0.1) is 0 Å². The van der Waals surface area contributed by atoms with Crippen LogP contribution in [0.15, 0.2) is 40.9 Å². The molecule has 0 aliphatic heterocycles. The standard InChI is InChI=1S/C21H26BrClN2O3/c1-5-27-18-10-14(12-24-16-8-6-15(23)7-9-16)17(22)11-19(18)28-13-20(26)25-21(2,3)4/h6-11,24H,5,12-13H2,1-4H3,(H,25,26). The molecule has 0 saturated heterocycles. The lowest BCUT2D eigenvalue weighted by Crippen LogP contribution is -2.43. The fourth-order valence-electron chi connectivity index (χ4n) is 2.46. The van der Waals surface area contributed by atoms with Crippen LogP contribution < -0.4 is 20.1 Å². The Kier molecular flexibility index (Phi) is 8.01. The van der Waals surface area contributed by atoms with Crippen LogP contribution in [0.4, 0.5) is 5.69 Å². The average Bonchev–Trinajstić information content (AvgIpc) is 2.60. The molecule has 0 aliphatic carbocycles. The van der Waals surface area contributed by atoms with E-state index in [1.165, 1.54) is 0 Å². The minimum atomic E-state index is -0.305. The number of ether oxygens (including phenoxy) is 2. The summed E-state index contributed by atoms with van der Waals surface area (Å²) in [6, 6.07) is 11.3. The lowest BCUT2D eigenvalue weighted by atomic mass is 10.1. The molecule has 2 aromatic rings. The molecule has 0 aliphatic rings. The summed E-state index contributed by atoms with van der Waals surface area (Å²) >= 11 is 9.50. The summed E-state index contributed by atoms with van der Waals surface area (Å²) in [4.78, 5) is 12.0. The molecule has 2 aromatic carbocycles. The second-order valence-corrected chi connectivity index (χ2v) is 8.56. The predicted octanol–water partition coefficient (Wildman–Crippen LogP) is 5.41. The van der Waals surface area contributed by atoms with Crippen LogP contribution in [0.3, 0.4) is 0 Å². The lowest BCUT2D eigenvalue weighted by molar-refractivity contribution is -0.124. The number of amides is 1. The molecule has 1 amide bonds. The largest absolute Gasteiger partial charge is 0.490 e. The van der Waals surface area contributed by atoms with E-state index in [2.05, 4.69) is 26.6 Å². The maximum atomic E-state index is 12.0. The van der Waals surface area contributed by atoms with Gasteiger partial charge in [-0.15, -0.1) is 0 Å². The van der Waals surface area contributed by atoms with Gasteiger partial charge in [-0.1, -0.05) is 27.5 Å². The molecule has 0 saturated carbocycles. The van der Waals surface area contributed by atoms with Crippen molar-refractivity contribution in [1.82, 2.24) is 5.32 Å². The number of benzene rings is 2. The van der Waals surface area contributed by atoms with Gasteiger partial charge in [0, 0.05) is 27.3 Å². The van der Waals surface area contributed by atoms with E-state index in [1.54, 1.807) is 0 Å². The van der Waals surface area contributed by atoms with Gasteiger partial charge in [0.15, 0.2) is 18.1 Å². The van der Waals surface area contributed by atoms with Gasteiger partial charge in [0.05, 0.1) is 6.61 Å². The van der Waals surface area contributed by atoms with Crippen LogP contribution in [0.25, 0.3) is 0 Å². The normalized spacial score (nSPS) is 11.1. The van der Waals surface area contributed by atoms with Crippen LogP contribution in [0.2, 0.25) is 5.02 Å². The van der Waals surface area contributed by atoms with Crippen LogP contribution in [0.5, 0.6) is 11.5 Å². The second kappa shape index (κ2) is 10.0. The highest BCUT2D eigenvalue weighted by molar-refractivity contribution is 9.10. The number of halogens is 2.